The molecule has 5 saturated heterocycles. The number of nitrogens with zero attached hydrogens (tertiary/aromatic N) is 9. The molecule has 0 saturated carbocycles. The molecular weight excluding hydrogens is 856 g/mol. The maximum Gasteiger partial charge on any atom is 0.417 e. The third-order valence-corrected chi connectivity index (χ3v) is 14.4. The van der Waals surface area contributed by atoms with E-state index in [1.807, 2.05) is 17.0 Å². The SMILES string of the molecule is N#Cc1ccc(N2CCC(C(=O)Nc3ccc(N4CCC(CN5CCN(CC6CCN(c7ccc8c(c7)C(=O)N(C7CCC(=O)NC7=O)C8=O)CC6)CC5)CC4)nn3)CC2)cc1C(F)(F)F. The lowest BCUT2D eigenvalue weighted by molar-refractivity contribution is -0.138. The zero-order chi connectivity index (χ0) is 46.1. The van der Waals surface area contributed by atoms with E-state index in [9.17, 15) is 37.1 Å². The number of halogens is 3. The number of benzene rings is 2. The van der Waals surface area contributed by atoms with E-state index in [2.05, 4.69) is 40.4 Å². The molecule has 6 aliphatic heterocycles. The number of carbonyl (C=O) groups is 5. The van der Waals surface area contributed by atoms with Crippen molar-refractivity contribution in [2.45, 2.75) is 63.6 Å². The van der Waals surface area contributed by atoms with Crippen LogP contribution in [0, 0.1) is 29.1 Å². The van der Waals surface area contributed by atoms with Crippen molar-refractivity contribution in [3.8, 4) is 6.07 Å². The number of imide groups is 2. The Morgan fingerprint density at radius 1 is 0.697 bits per heavy atom. The fraction of sp³-hybridized carbons (Fsp3) is 0.532. The molecule has 5 amide bonds. The monoisotopic (exact) mass is 909 g/mol. The lowest BCUT2D eigenvalue weighted by Gasteiger charge is -2.41. The van der Waals surface area contributed by atoms with Gasteiger partial charge in [-0.25, -0.2) is 0 Å². The van der Waals surface area contributed by atoms with Crippen LogP contribution in [0.4, 0.5) is 36.2 Å². The molecule has 9 rings (SSSR count). The Kier molecular flexibility index (Phi) is 13.0. The van der Waals surface area contributed by atoms with Crippen molar-refractivity contribution >= 4 is 52.5 Å². The zero-order valence-electron chi connectivity index (χ0n) is 36.8. The van der Waals surface area contributed by atoms with Crippen LogP contribution in [0.2, 0.25) is 0 Å². The van der Waals surface area contributed by atoms with Gasteiger partial charge in [-0.3, -0.25) is 34.2 Å². The van der Waals surface area contributed by atoms with Gasteiger partial charge in [0.1, 0.15) is 6.04 Å². The van der Waals surface area contributed by atoms with Gasteiger partial charge in [0.15, 0.2) is 11.6 Å². The molecule has 1 atom stereocenters. The molecule has 2 N–H and O–H groups in total. The molecule has 5 fully saturated rings. The lowest BCUT2D eigenvalue weighted by Crippen LogP contribution is -2.54. The first-order valence-electron chi connectivity index (χ1n) is 23.1. The summed E-state index contributed by atoms with van der Waals surface area (Å²) in [6, 6.07) is 13.4. The average molecular weight is 910 g/mol. The fourth-order valence-electron chi connectivity index (χ4n) is 10.5. The summed E-state index contributed by atoms with van der Waals surface area (Å²) in [5, 5.41) is 22.9. The van der Waals surface area contributed by atoms with Crippen molar-refractivity contribution in [2.75, 3.05) is 98.6 Å². The summed E-state index contributed by atoms with van der Waals surface area (Å²) < 4.78 is 40.5. The third-order valence-electron chi connectivity index (χ3n) is 14.4. The second-order valence-corrected chi connectivity index (χ2v) is 18.5. The van der Waals surface area contributed by atoms with Gasteiger partial charge in [0.05, 0.1) is 28.3 Å². The summed E-state index contributed by atoms with van der Waals surface area (Å²) in [7, 11) is 0. The summed E-state index contributed by atoms with van der Waals surface area (Å²) >= 11 is 0. The van der Waals surface area contributed by atoms with Crippen LogP contribution in [0.5, 0.6) is 0 Å². The number of alkyl halides is 3. The zero-order valence-corrected chi connectivity index (χ0v) is 36.8. The van der Waals surface area contributed by atoms with Gasteiger partial charge in [0.25, 0.3) is 11.8 Å². The number of fused-ring (bicyclic) bond motifs is 1. The van der Waals surface area contributed by atoms with Crippen LogP contribution in [0.15, 0.2) is 48.5 Å². The number of hydrogen-bond acceptors (Lipinski definition) is 13. The van der Waals surface area contributed by atoms with Crippen molar-refractivity contribution in [3.05, 3.63) is 70.8 Å². The van der Waals surface area contributed by atoms with Crippen LogP contribution in [-0.4, -0.2) is 139 Å². The smallest absolute Gasteiger partial charge is 0.371 e. The normalized spacial score (nSPS) is 22.1. The highest BCUT2D eigenvalue weighted by Gasteiger charge is 2.45. The topological polar surface area (TPSA) is 178 Å². The molecule has 19 heteroatoms. The molecule has 6 aliphatic rings. The quantitative estimate of drug-likeness (QED) is 0.275. The summed E-state index contributed by atoms with van der Waals surface area (Å²) in [5.41, 5.74) is 0.529. The highest BCUT2D eigenvalue weighted by atomic mass is 19.4. The molecule has 66 heavy (non-hydrogen) atoms. The molecule has 16 nitrogen and oxygen atoms in total. The molecule has 0 spiro atoms. The number of carbonyl (C=O) groups excluding carboxylic acids is 5. The Morgan fingerprint density at radius 2 is 1.27 bits per heavy atom. The molecule has 3 aromatic rings. The van der Waals surface area contributed by atoms with Crippen LogP contribution < -0.4 is 25.3 Å². The molecule has 0 bridgehead atoms. The van der Waals surface area contributed by atoms with Gasteiger partial charge >= 0.3 is 6.18 Å². The molecule has 1 aromatic heterocycles. The minimum atomic E-state index is -4.63. The van der Waals surface area contributed by atoms with Gasteiger partial charge in [0, 0.05) is 102 Å². The fourth-order valence-corrected chi connectivity index (χ4v) is 10.5. The average Bonchev–Trinajstić information content (AvgIpc) is 3.57. The number of rotatable bonds is 10. The largest absolute Gasteiger partial charge is 0.417 e. The predicted molar refractivity (Wildman–Crippen MR) is 238 cm³/mol. The van der Waals surface area contributed by atoms with Crippen LogP contribution in [0.25, 0.3) is 0 Å². The van der Waals surface area contributed by atoms with Gasteiger partial charge in [-0.1, -0.05) is 0 Å². The van der Waals surface area contributed by atoms with E-state index < -0.39 is 47.0 Å². The van der Waals surface area contributed by atoms with Crippen LogP contribution in [0.3, 0.4) is 0 Å². The third kappa shape index (κ3) is 9.71. The first kappa shape index (κ1) is 45.0. The molecule has 0 radical (unpaired) electrons. The Bertz CT molecular complexity index is 2380. The standard InChI is InChI=1S/C47H54F3N11O5/c48-47(49,50)38-26-35(2-1-33(38)27-51)59-19-13-32(14-20-59)43(63)52-40-6-7-41(55-54-40)60-17-11-31(12-18-60)29-57-23-21-56(22-24-57)28-30-9-15-58(16-10-30)34-3-4-36-37(25-34)46(66)61(45(36)65)39-5-8-42(62)53-44(39)64/h1-4,6-7,25-26,30-32,39H,5,8-24,28-29H2,(H,52,54,63)(H,53,62,64). The maximum absolute atomic E-state index is 13.5. The van der Waals surface area contributed by atoms with Crippen molar-refractivity contribution in [2.24, 2.45) is 17.8 Å². The van der Waals surface area contributed by atoms with E-state index in [1.54, 1.807) is 24.3 Å². The van der Waals surface area contributed by atoms with Gasteiger partial charge in [-0.15, -0.1) is 10.2 Å². The Labute approximate surface area is 381 Å². The van der Waals surface area contributed by atoms with Crippen molar-refractivity contribution < 1.29 is 37.1 Å². The lowest BCUT2D eigenvalue weighted by atomic mass is 9.94. The van der Waals surface area contributed by atoms with Gasteiger partial charge in [-0.05, 0) is 105 Å². The second-order valence-electron chi connectivity index (χ2n) is 18.5. The molecular formula is C47H54F3N11O5. The van der Waals surface area contributed by atoms with Crippen molar-refractivity contribution in [1.82, 2.24) is 30.2 Å². The molecule has 7 heterocycles. The van der Waals surface area contributed by atoms with E-state index in [0.29, 0.717) is 60.4 Å². The first-order chi connectivity index (χ1) is 31.8. The number of nitriles is 1. The highest BCUT2D eigenvalue weighted by Crippen LogP contribution is 2.36. The number of nitrogens with one attached hydrogen (secondary N) is 2. The summed E-state index contributed by atoms with van der Waals surface area (Å²) in [6.07, 6.45) is 0.734. The summed E-state index contributed by atoms with van der Waals surface area (Å²) in [6.45, 7) is 10.7. The number of piperazine rings is 1. The molecule has 348 valence electrons. The van der Waals surface area contributed by atoms with Crippen LogP contribution >= 0.6 is 0 Å². The van der Waals surface area contributed by atoms with Crippen molar-refractivity contribution in [3.63, 3.8) is 0 Å². The molecule has 0 aliphatic carbocycles. The maximum atomic E-state index is 13.5. The molecule has 1 unspecified atom stereocenters. The second kappa shape index (κ2) is 19.0. The minimum absolute atomic E-state index is 0.0889. The number of anilines is 4. The van der Waals surface area contributed by atoms with Crippen molar-refractivity contribution in [1.29, 1.82) is 5.26 Å². The Morgan fingerprint density at radius 3 is 1.85 bits per heavy atom. The van der Waals surface area contributed by atoms with E-state index in [0.717, 1.165) is 114 Å². The first-order valence-corrected chi connectivity index (χ1v) is 23.1. The Balaban J connectivity index is 0.661. The van der Waals surface area contributed by atoms with Crippen LogP contribution in [0.1, 0.15) is 83.2 Å². The highest BCUT2D eigenvalue weighted by molar-refractivity contribution is 6.23. The number of hydrogen-bond donors (Lipinski definition) is 2. The number of aromatic nitrogens is 2. The van der Waals surface area contributed by atoms with E-state index in [-0.39, 0.29) is 24.7 Å². The van der Waals surface area contributed by atoms with Gasteiger partial charge in [-0.2, -0.15) is 18.4 Å². The van der Waals surface area contributed by atoms with Gasteiger partial charge < -0.3 is 29.8 Å². The number of amides is 5. The minimum Gasteiger partial charge on any atom is -0.371 e. The van der Waals surface area contributed by atoms with Crippen LogP contribution in [-0.2, 0) is 20.6 Å². The van der Waals surface area contributed by atoms with Gasteiger partial charge in [0.2, 0.25) is 17.7 Å². The van der Waals surface area contributed by atoms with E-state index >= 15 is 0 Å². The van der Waals surface area contributed by atoms with E-state index in [1.165, 1.54) is 12.1 Å². The Hall–Kier alpha value is -6.13. The molecule has 2 aromatic carbocycles. The van der Waals surface area contributed by atoms with E-state index in [4.69, 9.17) is 5.26 Å². The predicted octanol–water partition coefficient (Wildman–Crippen LogP) is 4.37. The summed E-state index contributed by atoms with van der Waals surface area (Å²) in [4.78, 5) is 76.2. The number of piperidine rings is 4. The summed E-state index contributed by atoms with van der Waals surface area (Å²) in [5.74, 6) is -0.146.